The lowest BCUT2D eigenvalue weighted by Crippen LogP contribution is -1.89. The smallest absolute Gasteiger partial charge is 0.134 e. The molecule has 126 valence electrons. The summed E-state index contributed by atoms with van der Waals surface area (Å²) in [5.74, 6) is 0. The first kappa shape index (κ1) is 16.3. The average Bonchev–Trinajstić information content (AvgIpc) is 3.32. The largest absolute Gasteiger partial charge is 0.347 e. The van der Waals surface area contributed by atoms with Crippen LogP contribution in [0.2, 0.25) is 0 Å². The number of nitriles is 1. The predicted molar refractivity (Wildman–Crippen MR) is 109 cm³/mol. The van der Waals surface area contributed by atoms with E-state index in [2.05, 4.69) is 40.9 Å². The van der Waals surface area contributed by atoms with Crippen molar-refractivity contribution in [1.29, 1.82) is 5.26 Å². The molecular formula is C22H17N3S. The van der Waals surface area contributed by atoms with Crippen LogP contribution in [0.25, 0.3) is 33.8 Å². The third kappa shape index (κ3) is 2.94. The molecule has 0 fully saturated rings. The van der Waals surface area contributed by atoms with Crippen LogP contribution >= 0.6 is 11.3 Å². The molecule has 0 amide bonds. The second-order valence-electron chi connectivity index (χ2n) is 5.96. The topological polar surface area (TPSA) is 41.6 Å². The summed E-state index contributed by atoms with van der Waals surface area (Å²) >= 11 is 1.51. The summed E-state index contributed by atoms with van der Waals surface area (Å²) in [5, 5.41) is 13.6. The average molecular weight is 355 g/mol. The predicted octanol–water partition coefficient (Wildman–Crippen LogP) is 5.85. The van der Waals surface area contributed by atoms with E-state index in [9.17, 15) is 5.26 Å². The summed E-state index contributed by atoms with van der Waals surface area (Å²) < 4.78 is 2.20. The lowest BCUT2D eigenvalue weighted by atomic mass is 10.1. The van der Waals surface area contributed by atoms with Crippen LogP contribution in [0.15, 0.2) is 66.2 Å². The minimum Gasteiger partial charge on any atom is -0.347 e. The highest BCUT2D eigenvalue weighted by atomic mass is 32.1. The molecule has 0 N–H and O–H groups in total. The zero-order valence-electron chi connectivity index (χ0n) is 14.4. The van der Waals surface area contributed by atoms with Crippen molar-refractivity contribution in [3.05, 3.63) is 76.7 Å². The van der Waals surface area contributed by atoms with Gasteiger partial charge in [0.2, 0.25) is 0 Å². The van der Waals surface area contributed by atoms with Crippen LogP contribution in [-0.2, 0) is 6.54 Å². The van der Waals surface area contributed by atoms with E-state index in [1.54, 1.807) is 0 Å². The fraction of sp³-hybridized carbons (Fsp3) is 0.0909. The van der Waals surface area contributed by atoms with Gasteiger partial charge in [-0.05, 0) is 19.1 Å². The molecule has 0 aliphatic heterocycles. The van der Waals surface area contributed by atoms with E-state index in [1.165, 1.54) is 16.9 Å². The Bertz CT molecular complexity index is 1130. The van der Waals surface area contributed by atoms with Crippen molar-refractivity contribution in [2.24, 2.45) is 0 Å². The van der Waals surface area contributed by atoms with E-state index in [0.717, 1.165) is 33.8 Å². The summed E-state index contributed by atoms with van der Waals surface area (Å²) in [5.41, 5.74) is 4.80. The number of hydrogen-bond donors (Lipinski definition) is 0. The first-order valence-electron chi connectivity index (χ1n) is 8.51. The molecular weight excluding hydrogens is 338 g/mol. The molecule has 0 unspecified atom stereocenters. The number of para-hydroxylation sites is 1. The van der Waals surface area contributed by atoms with Gasteiger partial charge in [0.15, 0.2) is 0 Å². The van der Waals surface area contributed by atoms with Crippen LogP contribution in [0, 0.1) is 11.3 Å². The highest BCUT2D eigenvalue weighted by Gasteiger charge is 2.11. The summed E-state index contributed by atoms with van der Waals surface area (Å²) in [6.45, 7) is 3.02. The highest BCUT2D eigenvalue weighted by molar-refractivity contribution is 7.11. The maximum atomic E-state index is 9.70. The number of thiazole rings is 1. The van der Waals surface area contributed by atoms with Crippen LogP contribution in [0.5, 0.6) is 0 Å². The first-order valence-corrected chi connectivity index (χ1v) is 9.39. The van der Waals surface area contributed by atoms with E-state index in [-0.39, 0.29) is 0 Å². The maximum absolute atomic E-state index is 9.70. The minimum atomic E-state index is 0.594. The van der Waals surface area contributed by atoms with Gasteiger partial charge in [0.25, 0.3) is 0 Å². The lowest BCUT2D eigenvalue weighted by molar-refractivity contribution is 0.797. The van der Waals surface area contributed by atoms with Crippen LogP contribution in [0.4, 0.5) is 0 Å². The van der Waals surface area contributed by atoms with E-state index < -0.39 is 0 Å². The molecule has 0 spiro atoms. The molecule has 0 aliphatic rings. The molecule has 0 radical (unpaired) electrons. The van der Waals surface area contributed by atoms with Gasteiger partial charge in [0.05, 0.1) is 11.3 Å². The molecule has 26 heavy (non-hydrogen) atoms. The molecule has 3 nitrogen and oxygen atoms in total. The summed E-state index contributed by atoms with van der Waals surface area (Å²) in [4.78, 5) is 4.68. The Morgan fingerprint density at radius 1 is 1.15 bits per heavy atom. The standard InChI is InChI=1S/C22H17N3S/c1-2-25-14-18(19-10-6-7-11-21(19)25)12-17(13-23)22-24-20(15-26-22)16-8-4-3-5-9-16/h3-12,14-15H,2H2,1H3/b17-12-. The van der Waals surface area contributed by atoms with Gasteiger partial charge in [-0.3, -0.25) is 0 Å². The van der Waals surface area contributed by atoms with Gasteiger partial charge in [-0.15, -0.1) is 11.3 Å². The quantitative estimate of drug-likeness (QED) is 0.431. The summed E-state index contributed by atoms with van der Waals surface area (Å²) in [6.07, 6.45) is 4.05. The second kappa shape index (κ2) is 6.99. The number of hydrogen-bond acceptors (Lipinski definition) is 3. The van der Waals surface area contributed by atoms with Crippen molar-refractivity contribution in [3.63, 3.8) is 0 Å². The molecule has 0 aliphatic carbocycles. The Kier molecular flexibility index (Phi) is 4.39. The number of allylic oxidation sites excluding steroid dienone is 1. The minimum absolute atomic E-state index is 0.594. The summed E-state index contributed by atoms with van der Waals surface area (Å²) in [6, 6.07) is 20.6. The monoisotopic (exact) mass is 355 g/mol. The van der Waals surface area contributed by atoms with Crippen molar-refractivity contribution in [1.82, 2.24) is 9.55 Å². The molecule has 0 atom stereocenters. The van der Waals surface area contributed by atoms with Gasteiger partial charge >= 0.3 is 0 Å². The van der Waals surface area contributed by atoms with Crippen molar-refractivity contribution in [3.8, 4) is 17.3 Å². The Balaban J connectivity index is 1.77. The van der Waals surface area contributed by atoms with Gasteiger partial charge in [0.1, 0.15) is 11.1 Å². The third-order valence-electron chi connectivity index (χ3n) is 4.38. The fourth-order valence-corrected chi connectivity index (χ4v) is 3.88. The molecule has 0 bridgehead atoms. The molecule has 4 aromatic rings. The van der Waals surface area contributed by atoms with E-state index in [0.29, 0.717) is 5.57 Å². The number of nitrogens with zero attached hydrogens (tertiary/aromatic N) is 3. The highest BCUT2D eigenvalue weighted by Crippen LogP contribution is 2.29. The Hall–Kier alpha value is -3.16. The van der Waals surface area contributed by atoms with Gasteiger partial charge in [-0.1, -0.05) is 48.5 Å². The fourth-order valence-electron chi connectivity index (χ4n) is 3.09. The van der Waals surface area contributed by atoms with Crippen molar-refractivity contribution >= 4 is 33.9 Å². The van der Waals surface area contributed by atoms with Crippen LogP contribution < -0.4 is 0 Å². The van der Waals surface area contributed by atoms with Crippen molar-refractivity contribution in [2.45, 2.75) is 13.5 Å². The first-order chi connectivity index (χ1) is 12.8. The summed E-state index contributed by atoms with van der Waals surface area (Å²) in [7, 11) is 0. The Morgan fingerprint density at radius 2 is 1.92 bits per heavy atom. The Labute approximate surface area is 156 Å². The molecule has 2 heterocycles. The molecule has 0 saturated carbocycles. The number of aryl methyl sites for hydroxylation is 1. The number of fused-ring (bicyclic) bond motifs is 1. The van der Waals surface area contributed by atoms with Crippen molar-refractivity contribution in [2.75, 3.05) is 0 Å². The zero-order valence-corrected chi connectivity index (χ0v) is 15.2. The van der Waals surface area contributed by atoms with E-state index >= 15 is 0 Å². The molecule has 2 aromatic heterocycles. The number of aromatic nitrogens is 2. The molecule has 4 heteroatoms. The molecule has 4 rings (SSSR count). The lowest BCUT2D eigenvalue weighted by Gasteiger charge is -1.98. The van der Waals surface area contributed by atoms with Crippen LogP contribution in [-0.4, -0.2) is 9.55 Å². The molecule has 0 saturated heterocycles. The SMILES string of the molecule is CCn1cc(/C=C(/C#N)c2nc(-c3ccccc3)cs2)c2ccccc21. The Morgan fingerprint density at radius 3 is 2.69 bits per heavy atom. The normalized spacial score (nSPS) is 11.6. The van der Waals surface area contributed by atoms with Crippen molar-refractivity contribution < 1.29 is 0 Å². The zero-order chi connectivity index (χ0) is 17.9. The van der Waals surface area contributed by atoms with Gasteiger partial charge in [0, 0.05) is 40.2 Å². The van der Waals surface area contributed by atoms with Gasteiger partial charge in [-0.25, -0.2) is 4.98 Å². The van der Waals surface area contributed by atoms with Gasteiger partial charge < -0.3 is 4.57 Å². The van der Waals surface area contributed by atoms with Gasteiger partial charge in [-0.2, -0.15) is 5.26 Å². The van der Waals surface area contributed by atoms with Crippen LogP contribution in [0.1, 0.15) is 17.5 Å². The molecule has 2 aromatic carbocycles. The van der Waals surface area contributed by atoms with E-state index in [4.69, 9.17) is 0 Å². The maximum Gasteiger partial charge on any atom is 0.134 e. The number of benzene rings is 2. The van der Waals surface area contributed by atoms with Crippen LogP contribution in [0.3, 0.4) is 0 Å². The number of rotatable bonds is 4. The van der Waals surface area contributed by atoms with E-state index in [1.807, 2.05) is 53.9 Å². The second-order valence-corrected chi connectivity index (χ2v) is 6.82. The third-order valence-corrected chi connectivity index (χ3v) is 5.26.